The normalized spacial score (nSPS) is 17.7. The van der Waals surface area contributed by atoms with Gasteiger partial charge in [0.2, 0.25) is 0 Å². The number of likely N-dealkylation sites (tertiary alicyclic amines) is 1. The lowest BCUT2D eigenvalue weighted by atomic mass is 9.91. The van der Waals surface area contributed by atoms with Crippen LogP contribution in [0.15, 0.2) is 64.7 Å². The predicted octanol–water partition coefficient (Wildman–Crippen LogP) is 3.48. The molecule has 2 aromatic carbocycles. The van der Waals surface area contributed by atoms with E-state index in [2.05, 4.69) is 21.0 Å². The highest BCUT2D eigenvalue weighted by atomic mass is 19.1. The molecule has 2 aliphatic rings. The summed E-state index contributed by atoms with van der Waals surface area (Å²) in [7, 11) is 1.63. The molecule has 0 radical (unpaired) electrons. The summed E-state index contributed by atoms with van der Waals surface area (Å²) in [6, 6.07) is 13.1. The van der Waals surface area contributed by atoms with Gasteiger partial charge in [-0.05, 0) is 54.9 Å². The van der Waals surface area contributed by atoms with Gasteiger partial charge >= 0.3 is 0 Å². The van der Waals surface area contributed by atoms with Gasteiger partial charge in [0.1, 0.15) is 17.2 Å². The number of halogens is 1. The molecule has 1 fully saturated rings. The molecule has 0 saturated carbocycles. The Labute approximate surface area is 233 Å². The summed E-state index contributed by atoms with van der Waals surface area (Å²) in [5.74, 6) is -0.190. The van der Waals surface area contributed by atoms with E-state index in [0.717, 1.165) is 36.0 Å². The molecule has 0 unspecified atom stereocenters. The molecule has 40 heavy (non-hydrogen) atoms. The molecule has 2 heterocycles. The number of piperidine rings is 1. The molecule has 0 atom stereocenters. The van der Waals surface area contributed by atoms with Gasteiger partial charge in [-0.15, -0.1) is 0 Å². The lowest BCUT2D eigenvalue weighted by molar-refractivity contribution is -0.0366. The number of nitrogens with zero attached hydrogens (tertiary/aromatic N) is 4. The van der Waals surface area contributed by atoms with Gasteiger partial charge in [-0.3, -0.25) is 19.3 Å². The third-order valence-electron chi connectivity index (χ3n) is 8.09. The van der Waals surface area contributed by atoms with Crippen molar-refractivity contribution in [2.45, 2.75) is 57.3 Å². The fourth-order valence-electron chi connectivity index (χ4n) is 5.63. The van der Waals surface area contributed by atoms with Crippen LogP contribution in [0.5, 0.6) is 0 Å². The second kappa shape index (κ2) is 11.8. The lowest BCUT2D eigenvalue weighted by Crippen LogP contribution is -2.48. The van der Waals surface area contributed by atoms with Crippen LogP contribution in [0.4, 0.5) is 10.1 Å². The smallest absolute Gasteiger partial charge is 0.277 e. The van der Waals surface area contributed by atoms with Gasteiger partial charge in [-0.1, -0.05) is 42.5 Å². The Morgan fingerprint density at radius 2 is 1.93 bits per heavy atom. The van der Waals surface area contributed by atoms with Crippen LogP contribution in [0.2, 0.25) is 0 Å². The average molecular weight is 545 g/mol. The number of allylic oxidation sites excluding steroid dienone is 2. The fraction of sp³-hybridized carbons (Fsp3) is 0.387. The van der Waals surface area contributed by atoms with Crippen LogP contribution >= 0.6 is 0 Å². The predicted molar refractivity (Wildman–Crippen MR) is 156 cm³/mol. The van der Waals surface area contributed by atoms with Crippen molar-refractivity contribution >= 4 is 17.0 Å². The van der Waals surface area contributed by atoms with Gasteiger partial charge < -0.3 is 16.6 Å². The number of aliphatic hydroxyl groups is 1. The number of hydrogen-bond acceptors (Lipinski definition) is 7. The highest BCUT2D eigenvalue weighted by Crippen LogP contribution is 2.30. The van der Waals surface area contributed by atoms with E-state index < -0.39 is 11.2 Å². The summed E-state index contributed by atoms with van der Waals surface area (Å²) in [6.07, 6.45) is 7.71. The van der Waals surface area contributed by atoms with E-state index in [1.165, 1.54) is 16.5 Å². The molecule has 1 aromatic heterocycles. The summed E-state index contributed by atoms with van der Waals surface area (Å²) in [5, 5.41) is 11.3. The van der Waals surface area contributed by atoms with E-state index in [1.807, 2.05) is 36.4 Å². The van der Waals surface area contributed by atoms with E-state index in [9.17, 15) is 14.3 Å². The third kappa shape index (κ3) is 5.91. The maximum absolute atomic E-state index is 14.9. The van der Waals surface area contributed by atoms with E-state index in [1.54, 1.807) is 13.1 Å². The number of hydrogen-bond donors (Lipinski definition) is 3. The number of nitrogen functional groups attached to an aromatic ring is 1. The zero-order valence-electron chi connectivity index (χ0n) is 22.9. The van der Waals surface area contributed by atoms with Crippen LogP contribution in [0, 0.1) is 5.82 Å². The van der Waals surface area contributed by atoms with Crippen molar-refractivity contribution in [2.75, 3.05) is 25.9 Å². The van der Waals surface area contributed by atoms with Crippen LogP contribution in [-0.2, 0) is 19.6 Å². The molecule has 8 nitrogen and oxygen atoms in total. The van der Waals surface area contributed by atoms with Crippen molar-refractivity contribution < 1.29 is 9.50 Å². The van der Waals surface area contributed by atoms with Crippen LogP contribution in [0.1, 0.15) is 60.1 Å². The molecule has 5 rings (SSSR count). The fourth-order valence-corrected chi connectivity index (χ4v) is 5.63. The van der Waals surface area contributed by atoms with Crippen LogP contribution in [-0.4, -0.2) is 51.0 Å². The standard InChI is InChI=1S/C31H37FN6O2/c1-35-28(23-8-6-21(17-33)7-9-23)29-27(34)30(39)38(20-36-29)19-31(40)12-14-37(15-13-31)18-25-11-10-24(16-26(25)32)22-4-2-3-5-22/h4,6-11,16,20,40H,2-3,5,12-15,17-19,33-34H2,1H3. The van der Waals surface area contributed by atoms with Gasteiger partial charge in [-0.25, -0.2) is 9.37 Å². The molecular formula is C31H37FN6O2. The molecule has 3 aromatic rings. The Balaban J connectivity index is 1.23. The van der Waals surface area contributed by atoms with Crippen molar-refractivity contribution in [3.05, 3.63) is 99.0 Å². The first-order chi connectivity index (χ1) is 19.3. The number of aliphatic imine (C=N–C) groups is 1. The van der Waals surface area contributed by atoms with E-state index in [4.69, 9.17) is 11.5 Å². The molecule has 0 spiro atoms. The monoisotopic (exact) mass is 544 g/mol. The Morgan fingerprint density at radius 3 is 2.55 bits per heavy atom. The Kier molecular flexibility index (Phi) is 8.25. The minimum Gasteiger partial charge on any atom is -0.392 e. The quantitative estimate of drug-likeness (QED) is 0.373. The van der Waals surface area contributed by atoms with Crippen LogP contribution < -0.4 is 17.0 Å². The van der Waals surface area contributed by atoms with Crippen molar-refractivity contribution in [1.82, 2.24) is 14.5 Å². The highest BCUT2D eigenvalue weighted by molar-refractivity contribution is 6.14. The van der Waals surface area contributed by atoms with Crippen molar-refractivity contribution in [2.24, 2.45) is 10.7 Å². The SMILES string of the molecule is CN=C(c1ccc(CN)cc1)c1ncn(CC2(O)CCN(Cc3ccc(C4=CCCC4)cc3F)CC2)c(=O)c1N. The summed E-state index contributed by atoms with van der Waals surface area (Å²) >= 11 is 0. The number of nitrogens with two attached hydrogens (primary N) is 2. The number of anilines is 1. The van der Waals surface area contributed by atoms with E-state index in [0.29, 0.717) is 56.0 Å². The molecule has 210 valence electrons. The van der Waals surface area contributed by atoms with Crippen LogP contribution in [0.3, 0.4) is 0 Å². The first-order valence-electron chi connectivity index (χ1n) is 13.8. The van der Waals surface area contributed by atoms with E-state index >= 15 is 0 Å². The minimum atomic E-state index is -1.09. The first kappa shape index (κ1) is 27.9. The highest BCUT2D eigenvalue weighted by Gasteiger charge is 2.33. The maximum Gasteiger partial charge on any atom is 0.277 e. The zero-order chi connectivity index (χ0) is 28.3. The largest absolute Gasteiger partial charge is 0.392 e. The Hall–Kier alpha value is -3.66. The summed E-state index contributed by atoms with van der Waals surface area (Å²) in [4.78, 5) is 24.1. The third-order valence-corrected chi connectivity index (χ3v) is 8.09. The summed E-state index contributed by atoms with van der Waals surface area (Å²) < 4.78 is 16.2. The zero-order valence-corrected chi connectivity index (χ0v) is 22.9. The lowest BCUT2D eigenvalue weighted by Gasteiger charge is -2.38. The van der Waals surface area contributed by atoms with E-state index in [-0.39, 0.29) is 18.0 Å². The van der Waals surface area contributed by atoms with Crippen LogP contribution in [0.25, 0.3) is 5.57 Å². The maximum atomic E-state index is 14.9. The second-order valence-electron chi connectivity index (χ2n) is 10.8. The Morgan fingerprint density at radius 1 is 1.18 bits per heavy atom. The van der Waals surface area contributed by atoms with Gasteiger partial charge in [0.25, 0.3) is 5.56 Å². The molecule has 1 aliphatic heterocycles. The van der Waals surface area contributed by atoms with Gasteiger partial charge in [0.05, 0.1) is 24.2 Å². The topological polar surface area (TPSA) is 123 Å². The molecule has 1 saturated heterocycles. The second-order valence-corrected chi connectivity index (χ2v) is 10.8. The summed E-state index contributed by atoms with van der Waals surface area (Å²) in [6.45, 7) is 2.17. The van der Waals surface area contributed by atoms with Crippen molar-refractivity contribution in [1.29, 1.82) is 0 Å². The molecule has 0 bridgehead atoms. The molecule has 1 aliphatic carbocycles. The summed E-state index contributed by atoms with van der Waals surface area (Å²) in [5.41, 5.74) is 15.9. The molecule has 5 N–H and O–H groups in total. The van der Waals surface area contributed by atoms with Gasteiger partial charge in [-0.2, -0.15) is 0 Å². The average Bonchev–Trinajstić information content (AvgIpc) is 3.51. The Bertz CT molecular complexity index is 1490. The van der Waals surface area contributed by atoms with Gasteiger partial charge in [0.15, 0.2) is 0 Å². The number of aromatic nitrogens is 2. The molecular weight excluding hydrogens is 507 g/mol. The first-order valence-corrected chi connectivity index (χ1v) is 13.8. The molecule has 0 amide bonds. The van der Waals surface area contributed by atoms with Crippen molar-refractivity contribution in [3.8, 4) is 0 Å². The van der Waals surface area contributed by atoms with Gasteiger partial charge in [0, 0.05) is 44.4 Å². The number of benzene rings is 2. The molecule has 9 heteroatoms. The van der Waals surface area contributed by atoms with Crippen molar-refractivity contribution in [3.63, 3.8) is 0 Å². The number of rotatable bonds is 8. The minimum absolute atomic E-state index is 0.0145.